The third-order valence-electron chi connectivity index (χ3n) is 4.34. The molecule has 1 N–H and O–H groups in total. The quantitative estimate of drug-likeness (QED) is 0.892. The minimum atomic E-state index is 0.440. The van der Waals surface area contributed by atoms with Crippen LogP contribution in [0.1, 0.15) is 45.6 Å². The van der Waals surface area contributed by atoms with Gasteiger partial charge in [0.2, 0.25) is 0 Å². The molecule has 2 saturated heterocycles. The Morgan fingerprint density at radius 3 is 2.94 bits per heavy atom. The van der Waals surface area contributed by atoms with Crippen LogP contribution < -0.4 is 5.32 Å². The number of rotatable bonds is 3. The summed E-state index contributed by atoms with van der Waals surface area (Å²) in [6, 6.07) is 1.81. The number of nitrogens with zero attached hydrogens (tertiary/aromatic N) is 3. The summed E-state index contributed by atoms with van der Waals surface area (Å²) in [6.45, 7) is 6.89. The average Bonchev–Trinajstić information content (AvgIpc) is 2.98. The third-order valence-corrected chi connectivity index (χ3v) is 4.34. The van der Waals surface area contributed by atoms with Crippen LogP contribution in [0.2, 0.25) is 0 Å². The van der Waals surface area contributed by atoms with Crippen LogP contribution in [0.15, 0.2) is 12.4 Å². The van der Waals surface area contributed by atoms with Crippen LogP contribution in [0.25, 0.3) is 0 Å². The van der Waals surface area contributed by atoms with E-state index in [0.29, 0.717) is 12.1 Å². The molecule has 4 heteroatoms. The summed E-state index contributed by atoms with van der Waals surface area (Å²) >= 11 is 0. The molecule has 2 atom stereocenters. The van der Waals surface area contributed by atoms with Crippen molar-refractivity contribution < 1.29 is 0 Å². The van der Waals surface area contributed by atoms with E-state index in [-0.39, 0.29) is 0 Å². The van der Waals surface area contributed by atoms with Gasteiger partial charge in [0, 0.05) is 30.9 Å². The summed E-state index contributed by atoms with van der Waals surface area (Å²) in [4.78, 5) is 2.66. The van der Waals surface area contributed by atoms with Gasteiger partial charge in [-0.05, 0) is 39.7 Å². The van der Waals surface area contributed by atoms with Crippen LogP contribution in [0.4, 0.5) is 5.69 Å². The molecule has 0 saturated carbocycles. The van der Waals surface area contributed by atoms with Crippen molar-refractivity contribution >= 4 is 5.69 Å². The topological polar surface area (TPSA) is 33.1 Å². The largest absolute Gasteiger partial charge is 0.378 e. The molecule has 1 aromatic heterocycles. The monoisotopic (exact) mass is 248 g/mol. The van der Waals surface area contributed by atoms with E-state index in [1.165, 1.54) is 44.5 Å². The number of hydrogen-bond donors (Lipinski definition) is 1. The lowest BCUT2D eigenvalue weighted by molar-refractivity contribution is 0.193. The van der Waals surface area contributed by atoms with Crippen molar-refractivity contribution in [3.05, 3.63) is 12.4 Å². The average molecular weight is 248 g/mol. The smallest absolute Gasteiger partial charge is 0.0729 e. The molecule has 2 fully saturated rings. The highest BCUT2D eigenvalue weighted by molar-refractivity contribution is 5.40. The molecule has 100 valence electrons. The molecule has 0 radical (unpaired) electrons. The second-order valence-corrected chi connectivity index (χ2v) is 5.94. The highest BCUT2D eigenvalue weighted by atomic mass is 15.3. The first kappa shape index (κ1) is 12.0. The fourth-order valence-electron chi connectivity index (χ4n) is 3.32. The van der Waals surface area contributed by atoms with Crippen LogP contribution in [0.3, 0.4) is 0 Å². The molecule has 0 amide bonds. The zero-order chi connectivity index (χ0) is 12.5. The van der Waals surface area contributed by atoms with E-state index in [4.69, 9.17) is 0 Å². The molecule has 1 aromatic rings. The molecular formula is C14H24N4. The van der Waals surface area contributed by atoms with Gasteiger partial charge in [-0.3, -0.25) is 9.58 Å². The first-order chi connectivity index (χ1) is 8.74. The van der Waals surface area contributed by atoms with Gasteiger partial charge in [-0.1, -0.05) is 6.42 Å². The van der Waals surface area contributed by atoms with Gasteiger partial charge in [-0.15, -0.1) is 0 Å². The highest BCUT2D eigenvalue weighted by Crippen LogP contribution is 2.29. The van der Waals surface area contributed by atoms with Crippen LogP contribution in [0.5, 0.6) is 0 Å². The van der Waals surface area contributed by atoms with Gasteiger partial charge in [-0.2, -0.15) is 5.10 Å². The van der Waals surface area contributed by atoms with E-state index < -0.39 is 0 Å². The van der Waals surface area contributed by atoms with Crippen molar-refractivity contribution in [2.45, 2.75) is 57.7 Å². The minimum absolute atomic E-state index is 0.440. The summed E-state index contributed by atoms with van der Waals surface area (Å²) in [5, 5.41) is 8.09. The van der Waals surface area contributed by atoms with Crippen molar-refractivity contribution in [1.29, 1.82) is 0 Å². The molecule has 0 aromatic carbocycles. The number of nitrogens with one attached hydrogen (secondary N) is 1. The third kappa shape index (κ3) is 2.26. The maximum Gasteiger partial charge on any atom is 0.0729 e. The van der Waals surface area contributed by atoms with Gasteiger partial charge in [0.1, 0.15) is 0 Å². The number of fused-ring (bicyclic) bond motifs is 1. The Bertz CT molecular complexity index is 398. The van der Waals surface area contributed by atoms with Crippen molar-refractivity contribution in [2.75, 3.05) is 18.4 Å². The Balaban J connectivity index is 1.65. The Hall–Kier alpha value is -1.03. The lowest BCUT2D eigenvalue weighted by atomic mass is 9.99. The summed E-state index contributed by atoms with van der Waals surface area (Å²) in [5.41, 5.74) is 1.18. The van der Waals surface area contributed by atoms with Gasteiger partial charge >= 0.3 is 0 Å². The Morgan fingerprint density at radius 2 is 2.17 bits per heavy atom. The molecule has 3 rings (SSSR count). The molecule has 2 unspecified atom stereocenters. The fraction of sp³-hybridized carbons (Fsp3) is 0.786. The zero-order valence-electron chi connectivity index (χ0n) is 11.5. The molecule has 4 nitrogen and oxygen atoms in total. The first-order valence-electron chi connectivity index (χ1n) is 7.29. The summed E-state index contributed by atoms with van der Waals surface area (Å²) in [6.07, 6.45) is 9.51. The lowest BCUT2D eigenvalue weighted by Gasteiger charge is -2.32. The van der Waals surface area contributed by atoms with Crippen LogP contribution in [-0.4, -0.2) is 39.9 Å². The van der Waals surface area contributed by atoms with Gasteiger partial charge in [0.15, 0.2) is 0 Å². The molecule has 2 aliphatic rings. The summed E-state index contributed by atoms with van der Waals surface area (Å²) < 4.78 is 2.02. The molecule has 18 heavy (non-hydrogen) atoms. The van der Waals surface area contributed by atoms with E-state index >= 15 is 0 Å². The molecule has 0 aliphatic carbocycles. The number of hydrogen-bond acceptors (Lipinski definition) is 3. The number of anilines is 1. The van der Waals surface area contributed by atoms with Gasteiger partial charge in [-0.25, -0.2) is 0 Å². The second-order valence-electron chi connectivity index (χ2n) is 5.94. The van der Waals surface area contributed by atoms with Crippen LogP contribution in [0, 0.1) is 0 Å². The normalized spacial score (nSPS) is 28.6. The SMILES string of the molecule is CC(C)n1cc(NC2CCN3CCCCC23)cn1. The van der Waals surface area contributed by atoms with Crippen molar-refractivity contribution in [3.8, 4) is 0 Å². The molecular weight excluding hydrogens is 224 g/mol. The molecule has 3 heterocycles. The predicted molar refractivity (Wildman–Crippen MR) is 73.9 cm³/mol. The van der Waals surface area contributed by atoms with E-state index in [1.807, 2.05) is 10.9 Å². The van der Waals surface area contributed by atoms with Crippen LogP contribution in [-0.2, 0) is 0 Å². The van der Waals surface area contributed by atoms with E-state index in [0.717, 1.165) is 6.04 Å². The van der Waals surface area contributed by atoms with Crippen molar-refractivity contribution in [2.24, 2.45) is 0 Å². The minimum Gasteiger partial charge on any atom is -0.378 e. The van der Waals surface area contributed by atoms with Crippen molar-refractivity contribution in [3.63, 3.8) is 0 Å². The van der Waals surface area contributed by atoms with E-state index in [2.05, 4.69) is 35.4 Å². The molecule has 2 aliphatic heterocycles. The van der Waals surface area contributed by atoms with Crippen molar-refractivity contribution in [1.82, 2.24) is 14.7 Å². The fourth-order valence-corrected chi connectivity index (χ4v) is 3.32. The first-order valence-corrected chi connectivity index (χ1v) is 7.29. The van der Waals surface area contributed by atoms with Gasteiger partial charge in [0.05, 0.1) is 11.9 Å². The predicted octanol–water partition coefficient (Wildman–Crippen LogP) is 2.50. The summed E-state index contributed by atoms with van der Waals surface area (Å²) in [7, 11) is 0. The van der Waals surface area contributed by atoms with Crippen LogP contribution >= 0.6 is 0 Å². The van der Waals surface area contributed by atoms with E-state index in [1.54, 1.807) is 0 Å². The maximum absolute atomic E-state index is 4.40. The standard InChI is InChI=1S/C14H24N4/c1-11(2)18-10-12(9-15-18)16-13-6-8-17-7-4-3-5-14(13)17/h9-11,13-14,16H,3-8H2,1-2H3. The number of piperidine rings is 1. The molecule has 0 bridgehead atoms. The zero-order valence-corrected chi connectivity index (χ0v) is 11.5. The second kappa shape index (κ2) is 4.92. The van der Waals surface area contributed by atoms with Gasteiger partial charge in [0.25, 0.3) is 0 Å². The van der Waals surface area contributed by atoms with E-state index in [9.17, 15) is 0 Å². The Labute approximate surface area is 109 Å². The van der Waals surface area contributed by atoms with Gasteiger partial charge < -0.3 is 5.32 Å². The Kier molecular flexibility index (Phi) is 3.29. The summed E-state index contributed by atoms with van der Waals surface area (Å²) in [5.74, 6) is 0. The lowest BCUT2D eigenvalue weighted by Crippen LogP contribution is -2.41. The highest BCUT2D eigenvalue weighted by Gasteiger charge is 2.35. The molecule has 0 spiro atoms. The maximum atomic E-state index is 4.40. The Morgan fingerprint density at radius 1 is 1.28 bits per heavy atom. The number of aromatic nitrogens is 2.